The molecular weight excluding hydrogens is 208 g/mol. The molecule has 4 nitrogen and oxygen atoms in total. The van der Waals surface area contributed by atoms with E-state index in [1.54, 1.807) is 17.7 Å². The van der Waals surface area contributed by atoms with Crippen LogP contribution in [0.5, 0.6) is 0 Å². The molecule has 0 fully saturated rings. The number of nitrogens with zero attached hydrogens (tertiary/aromatic N) is 3. The number of anilines is 1. The van der Waals surface area contributed by atoms with Gasteiger partial charge in [-0.15, -0.1) is 11.3 Å². The van der Waals surface area contributed by atoms with Gasteiger partial charge in [-0.2, -0.15) is 0 Å². The monoisotopic (exact) mass is 220 g/mol. The average molecular weight is 220 g/mol. The first-order chi connectivity index (χ1) is 7.34. The average Bonchev–Trinajstić information content (AvgIpc) is 2.71. The predicted octanol–water partition coefficient (Wildman–Crippen LogP) is 1.90. The summed E-state index contributed by atoms with van der Waals surface area (Å²) in [7, 11) is 0. The summed E-state index contributed by atoms with van der Waals surface area (Å²) in [5.74, 6) is 0.873. The highest BCUT2D eigenvalue weighted by Crippen LogP contribution is 2.04. The maximum absolute atomic E-state index is 4.21. The Labute approximate surface area is 92.4 Å². The number of hydrogen-bond acceptors (Lipinski definition) is 5. The highest BCUT2D eigenvalue weighted by molar-refractivity contribution is 7.07. The largest absolute Gasteiger partial charge is 0.370 e. The van der Waals surface area contributed by atoms with Crippen molar-refractivity contribution in [3.63, 3.8) is 0 Å². The number of aromatic nitrogens is 3. The molecule has 0 aliphatic carbocycles. The number of thiazole rings is 1. The fourth-order valence-corrected chi connectivity index (χ4v) is 1.82. The predicted molar refractivity (Wildman–Crippen MR) is 61.1 cm³/mol. The molecule has 0 aliphatic rings. The highest BCUT2D eigenvalue weighted by atomic mass is 32.1. The molecular formula is C10H12N4S. The minimum Gasteiger partial charge on any atom is -0.370 e. The quantitative estimate of drug-likeness (QED) is 0.855. The first-order valence-electron chi connectivity index (χ1n) is 4.74. The normalized spacial score (nSPS) is 10.2. The van der Waals surface area contributed by atoms with E-state index < -0.39 is 0 Å². The van der Waals surface area contributed by atoms with Gasteiger partial charge in [0.05, 0.1) is 11.2 Å². The first kappa shape index (κ1) is 10.0. The van der Waals surface area contributed by atoms with E-state index in [1.807, 2.05) is 18.5 Å². The molecule has 0 radical (unpaired) electrons. The van der Waals surface area contributed by atoms with Crippen molar-refractivity contribution in [2.45, 2.75) is 13.3 Å². The zero-order valence-electron chi connectivity index (χ0n) is 8.47. The van der Waals surface area contributed by atoms with E-state index in [0.717, 1.165) is 30.2 Å². The van der Waals surface area contributed by atoms with Crippen molar-refractivity contribution in [3.8, 4) is 0 Å². The smallest absolute Gasteiger partial charge is 0.129 e. The summed E-state index contributed by atoms with van der Waals surface area (Å²) in [4.78, 5) is 12.4. The fourth-order valence-electron chi connectivity index (χ4n) is 1.23. The van der Waals surface area contributed by atoms with Crippen LogP contribution in [0.15, 0.2) is 23.3 Å². The summed E-state index contributed by atoms with van der Waals surface area (Å²) in [5, 5.41) is 5.30. The van der Waals surface area contributed by atoms with Gasteiger partial charge in [0.25, 0.3) is 0 Å². The topological polar surface area (TPSA) is 50.7 Å². The maximum Gasteiger partial charge on any atom is 0.129 e. The van der Waals surface area contributed by atoms with Crippen molar-refractivity contribution in [2.24, 2.45) is 0 Å². The van der Waals surface area contributed by atoms with Gasteiger partial charge in [0.2, 0.25) is 0 Å². The van der Waals surface area contributed by atoms with E-state index in [4.69, 9.17) is 0 Å². The molecule has 2 rings (SSSR count). The fraction of sp³-hybridized carbons (Fsp3) is 0.300. The summed E-state index contributed by atoms with van der Waals surface area (Å²) in [6, 6.07) is 1.93. The third-order valence-corrected chi connectivity index (χ3v) is 2.61. The van der Waals surface area contributed by atoms with Crippen LogP contribution in [0.1, 0.15) is 11.4 Å². The van der Waals surface area contributed by atoms with Crippen LogP contribution in [0, 0.1) is 6.92 Å². The maximum atomic E-state index is 4.21. The van der Waals surface area contributed by atoms with Crippen molar-refractivity contribution in [1.29, 1.82) is 0 Å². The minimum atomic E-state index is 0.847. The Bertz CT molecular complexity index is 413. The first-order valence-corrected chi connectivity index (χ1v) is 5.68. The number of aryl methyl sites for hydroxylation is 1. The van der Waals surface area contributed by atoms with Crippen LogP contribution in [0.4, 0.5) is 5.82 Å². The Morgan fingerprint density at radius 3 is 3.00 bits per heavy atom. The Morgan fingerprint density at radius 1 is 1.33 bits per heavy atom. The van der Waals surface area contributed by atoms with Gasteiger partial charge in [0, 0.05) is 30.1 Å². The Balaban J connectivity index is 1.83. The molecule has 0 aromatic carbocycles. The van der Waals surface area contributed by atoms with E-state index in [9.17, 15) is 0 Å². The van der Waals surface area contributed by atoms with Crippen molar-refractivity contribution in [2.75, 3.05) is 11.9 Å². The molecule has 2 heterocycles. The summed E-state index contributed by atoms with van der Waals surface area (Å²) >= 11 is 1.62. The van der Waals surface area contributed by atoms with Crippen LogP contribution >= 0.6 is 11.3 Å². The second-order valence-electron chi connectivity index (χ2n) is 3.20. The van der Waals surface area contributed by atoms with E-state index in [1.165, 1.54) is 0 Å². The molecule has 0 saturated heterocycles. The van der Waals surface area contributed by atoms with Crippen LogP contribution in [-0.4, -0.2) is 21.5 Å². The van der Waals surface area contributed by atoms with Gasteiger partial charge in [0.1, 0.15) is 12.1 Å². The SMILES string of the molecule is Cc1cc(NCCc2cscn2)ncn1. The van der Waals surface area contributed by atoms with E-state index in [0.29, 0.717) is 0 Å². The molecule has 0 unspecified atom stereocenters. The summed E-state index contributed by atoms with van der Waals surface area (Å²) < 4.78 is 0. The zero-order valence-corrected chi connectivity index (χ0v) is 9.29. The second-order valence-corrected chi connectivity index (χ2v) is 3.92. The third kappa shape index (κ3) is 2.99. The summed E-state index contributed by atoms with van der Waals surface area (Å²) in [6.07, 6.45) is 2.49. The molecule has 0 amide bonds. The van der Waals surface area contributed by atoms with Crippen molar-refractivity contribution in [1.82, 2.24) is 15.0 Å². The van der Waals surface area contributed by atoms with Crippen molar-refractivity contribution >= 4 is 17.2 Å². The Hall–Kier alpha value is -1.49. The molecule has 1 N–H and O–H groups in total. The summed E-state index contributed by atoms with van der Waals surface area (Å²) in [6.45, 7) is 2.80. The van der Waals surface area contributed by atoms with Gasteiger partial charge in [-0.05, 0) is 6.92 Å². The van der Waals surface area contributed by atoms with Crippen LogP contribution in [0.3, 0.4) is 0 Å². The third-order valence-electron chi connectivity index (χ3n) is 1.97. The van der Waals surface area contributed by atoms with E-state index in [-0.39, 0.29) is 0 Å². The van der Waals surface area contributed by atoms with Crippen molar-refractivity contribution < 1.29 is 0 Å². The van der Waals surface area contributed by atoms with E-state index >= 15 is 0 Å². The van der Waals surface area contributed by atoms with Gasteiger partial charge < -0.3 is 5.32 Å². The molecule has 0 saturated carbocycles. The molecule has 0 spiro atoms. The molecule has 0 aliphatic heterocycles. The lowest BCUT2D eigenvalue weighted by Gasteiger charge is -2.03. The van der Waals surface area contributed by atoms with Crippen LogP contribution < -0.4 is 5.32 Å². The lowest BCUT2D eigenvalue weighted by Crippen LogP contribution is -2.06. The lowest BCUT2D eigenvalue weighted by molar-refractivity contribution is 0.961. The summed E-state index contributed by atoms with van der Waals surface area (Å²) in [5.41, 5.74) is 3.95. The molecule has 5 heteroatoms. The Kier molecular flexibility index (Phi) is 3.24. The Morgan fingerprint density at radius 2 is 2.27 bits per heavy atom. The molecule has 78 valence electrons. The number of nitrogens with one attached hydrogen (secondary N) is 1. The van der Waals surface area contributed by atoms with Gasteiger partial charge in [0.15, 0.2) is 0 Å². The molecule has 2 aromatic heterocycles. The highest BCUT2D eigenvalue weighted by Gasteiger charge is 1.96. The molecule has 0 atom stereocenters. The second kappa shape index (κ2) is 4.84. The van der Waals surface area contributed by atoms with Gasteiger partial charge in [-0.3, -0.25) is 0 Å². The van der Waals surface area contributed by atoms with Crippen LogP contribution in [0.25, 0.3) is 0 Å². The number of hydrogen-bond donors (Lipinski definition) is 1. The zero-order chi connectivity index (χ0) is 10.5. The van der Waals surface area contributed by atoms with Gasteiger partial charge in [-0.25, -0.2) is 15.0 Å². The molecule has 2 aromatic rings. The van der Waals surface area contributed by atoms with Gasteiger partial charge >= 0.3 is 0 Å². The van der Waals surface area contributed by atoms with Crippen LogP contribution in [0.2, 0.25) is 0 Å². The van der Waals surface area contributed by atoms with Crippen molar-refractivity contribution in [3.05, 3.63) is 34.7 Å². The van der Waals surface area contributed by atoms with Crippen LogP contribution in [-0.2, 0) is 6.42 Å². The standard InChI is InChI=1S/C10H12N4S/c1-8-4-10(13-6-12-8)11-3-2-9-5-15-7-14-9/h4-7H,2-3H2,1H3,(H,11,12,13). The minimum absolute atomic E-state index is 0.847. The van der Waals surface area contributed by atoms with E-state index in [2.05, 4.69) is 25.6 Å². The lowest BCUT2D eigenvalue weighted by atomic mass is 10.3. The molecule has 15 heavy (non-hydrogen) atoms. The number of rotatable bonds is 4. The van der Waals surface area contributed by atoms with Gasteiger partial charge in [-0.1, -0.05) is 0 Å². The molecule has 0 bridgehead atoms.